The molecule has 60 valence electrons. The van der Waals surface area contributed by atoms with Crippen molar-refractivity contribution in [3.63, 3.8) is 0 Å². The highest BCUT2D eigenvalue weighted by molar-refractivity contribution is 5.05. The van der Waals surface area contributed by atoms with E-state index in [1.54, 1.807) is 0 Å². The minimum Gasteiger partial charge on any atom is -0.396 e. The van der Waals surface area contributed by atoms with E-state index in [0.29, 0.717) is 5.92 Å². The molecule has 0 radical (unpaired) electrons. The lowest BCUT2D eigenvalue weighted by atomic mass is 10.0. The molecule has 0 aromatic rings. The Bertz CT molecular complexity index is 124. The van der Waals surface area contributed by atoms with Crippen molar-refractivity contribution in [1.29, 1.82) is 0 Å². The Morgan fingerprint density at radius 2 is 2.30 bits per heavy atom. The van der Waals surface area contributed by atoms with Gasteiger partial charge in [0.1, 0.15) is 0 Å². The second kappa shape index (κ2) is 2.51. The largest absolute Gasteiger partial charge is 0.396 e. The van der Waals surface area contributed by atoms with Crippen molar-refractivity contribution in [2.45, 2.75) is 32.3 Å². The third-order valence-electron chi connectivity index (χ3n) is 2.74. The summed E-state index contributed by atoms with van der Waals surface area (Å²) in [6, 6.07) is 0. The summed E-state index contributed by atoms with van der Waals surface area (Å²) in [6.07, 6.45) is 1.91. The van der Waals surface area contributed by atoms with Gasteiger partial charge in [0.2, 0.25) is 0 Å². The fourth-order valence-electron chi connectivity index (χ4n) is 1.60. The molecule has 0 spiro atoms. The van der Waals surface area contributed by atoms with E-state index < -0.39 is 5.60 Å². The molecule has 0 bridgehead atoms. The van der Waals surface area contributed by atoms with Crippen LogP contribution in [0.25, 0.3) is 0 Å². The van der Waals surface area contributed by atoms with Crippen LogP contribution < -0.4 is 0 Å². The Balaban J connectivity index is 2.42. The molecule has 3 unspecified atom stereocenters. The van der Waals surface area contributed by atoms with Gasteiger partial charge in [-0.3, -0.25) is 0 Å². The minimum atomic E-state index is -0.524. The first-order chi connectivity index (χ1) is 4.65. The molecule has 1 fully saturated rings. The zero-order chi connectivity index (χ0) is 7.78. The topological polar surface area (TPSA) is 40.5 Å². The lowest BCUT2D eigenvalue weighted by molar-refractivity contribution is 0.0411. The van der Waals surface area contributed by atoms with E-state index in [4.69, 9.17) is 5.11 Å². The average Bonchev–Trinajstić information content (AvgIpc) is 2.61. The number of aliphatic hydroxyl groups is 2. The summed E-state index contributed by atoms with van der Waals surface area (Å²) in [5, 5.41) is 18.5. The van der Waals surface area contributed by atoms with Gasteiger partial charge in [0.15, 0.2) is 0 Å². The van der Waals surface area contributed by atoms with Crippen LogP contribution in [0.3, 0.4) is 0 Å². The zero-order valence-electron chi connectivity index (χ0n) is 6.67. The maximum absolute atomic E-state index is 9.70. The van der Waals surface area contributed by atoms with E-state index in [1.165, 1.54) is 0 Å². The molecule has 0 amide bonds. The van der Waals surface area contributed by atoms with Crippen LogP contribution >= 0.6 is 0 Å². The monoisotopic (exact) mass is 144 g/mol. The van der Waals surface area contributed by atoms with E-state index >= 15 is 0 Å². The van der Waals surface area contributed by atoms with Gasteiger partial charge in [-0.05, 0) is 12.3 Å². The van der Waals surface area contributed by atoms with Crippen molar-refractivity contribution in [2.24, 2.45) is 11.8 Å². The molecule has 0 aromatic heterocycles. The fraction of sp³-hybridized carbons (Fsp3) is 1.00. The highest BCUT2D eigenvalue weighted by Gasteiger charge is 2.54. The van der Waals surface area contributed by atoms with Crippen molar-refractivity contribution < 1.29 is 10.2 Å². The maximum Gasteiger partial charge on any atom is 0.0727 e. The average molecular weight is 144 g/mol. The highest BCUT2D eigenvalue weighted by atomic mass is 16.3. The van der Waals surface area contributed by atoms with Gasteiger partial charge >= 0.3 is 0 Å². The molecule has 2 heteroatoms. The fourth-order valence-corrected chi connectivity index (χ4v) is 1.60. The van der Waals surface area contributed by atoms with E-state index in [2.05, 4.69) is 6.92 Å². The van der Waals surface area contributed by atoms with Crippen LogP contribution in [-0.2, 0) is 0 Å². The number of hydrogen-bond donors (Lipinski definition) is 2. The van der Waals surface area contributed by atoms with Crippen molar-refractivity contribution in [3.05, 3.63) is 0 Å². The predicted molar refractivity (Wildman–Crippen MR) is 39.6 cm³/mol. The minimum absolute atomic E-state index is 0.0532. The van der Waals surface area contributed by atoms with Crippen LogP contribution in [-0.4, -0.2) is 22.4 Å². The van der Waals surface area contributed by atoms with Gasteiger partial charge in [-0.2, -0.15) is 0 Å². The van der Waals surface area contributed by atoms with Crippen molar-refractivity contribution >= 4 is 0 Å². The Morgan fingerprint density at radius 1 is 1.70 bits per heavy atom. The molecule has 1 saturated carbocycles. The SMILES string of the molecule is CCC1CC1(O)C(C)CO. The van der Waals surface area contributed by atoms with Gasteiger partial charge in [0.05, 0.1) is 5.60 Å². The number of hydrogen-bond acceptors (Lipinski definition) is 2. The quantitative estimate of drug-likeness (QED) is 0.614. The molecule has 10 heavy (non-hydrogen) atoms. The van der Waals surface area contributed by atoms with Crippen molar-refractivity contribution in [3.8, 4) is 0 Å². The summed E-state index contributed by atoms with van der Waals surface area (Å²) in [5.74, 6) is 0.493. The Hall–Kier alpha value is -0.0800. The van der Waals surface area contributed by atoms with E-state index in [9.17, 15) is 5.11 Å². The molecule has 1 aliphatic rings. The molecule has 0 saturated heterocycles. The van der Waals surface area contributed by atoms with Gasteiger partial charge in [-0.15, -0.1) is 0 Å². The van der Waals surface area contributed by atoms with Crippen LogP contribution in [0.15, 0.2) is 0 Å². The van der Waals surface area contributed by atoms with Gasteiger partial charge in [-0.1, -0.05) is 20.3 Å². The molecule has 0 aliphatic heterocycles. The normalized spacial score (nSPS) is 41.4. The molecular formula is C8H16O2. The lowest BCUT2D eigenvalue weighted by Gasteiger charge is -2.15. The van der Waals surface area contributed by atoms with E-state index in [0.717, 1.165) is 12.8 Å². The number of aliphatic hydroxyl groups excluding tert-OH is 1. The van der Waals surface area contributed by atoms with E-state index in [1.807, 2.05) is 6.92 Å². The van der Waals surface area contributed by atoms with Crippen LogP contribution in [0, 0.1) is 11.8 Å². The van der Waals surface area contributed by atoms with E-state index in [-0.39, 0.29) is 12.5 Å². The van der Waals surface area contributed by atoms with Crippen molar-refractivity contribution in [2.75, 3.05) is 6.61 Å². The van der Waals surface area contributed by atoms with Crippen LogP contribution in [0.4, 0.5) is 0 Å². The van der Waals surface area contributed by atoms with Crippen LogP contribution in [0.5, 0.6) is 0 Å². The van der Waals surface area contributed by atoms with Gasteiger partial charge in [-0.25, -0.2) is 0 Å². The summed E-state index contributed by atoms with van der Waals surface area (Å²) >= 11 is 0. The van der Waals surface area contributed by atoms with Gasteiger partial charge < -0.3 is 10.2 Å². The Kier molecular flexibility index (Phi) is 2.02. The van der Waals surface area contributed by atoms with Gasteiger partial charge in [0, 0.05) is 12.5 Å². The first kappa shape index (κ1) is 8.02. The molecular weight excluding hydrogens is 128 g/mol. The summed E-state index contributed by atoms with van der Waals surface area (Å²) in [5.41, 5.74) is -0.524. The molecule has 1 rings (SSSR count). The standard InChI is InChI=1S/C8H16O2/c1-3-7-4-8(7,10)6(2)5-9/h6-7,9-10H,3-5H2,1-2H3. The first-order valence-corrected chi connectivity index (χ1v) is 3.98. The number of rotatable bonds is 3. The molecule has 2 nitrogen and oxygen atoms in total. The third kappa shape index (κ3) is 1.06. The summed E-state index contributed by atoms with van der Waals surface area (Å²) in [4.78, 5) is 0. The third-order valence-corrected chi connectivity index (χ3v) is 2.74. The maximum atomic E-state index is 9.70. The second-order valence-electron chi connectivity index (χ2n) is 3.38. The Labute approximate surface area is 61.9 Å². The highest BCUT2D eigenvalue weighted by Crippen LogP contribution is 2.50. The summed E-state index contributed by atoms with van der Waals surface area (Å²) in [6.45, 7) is 4.08. The first-order valence-electron chi connectivity index (χ1n) is 3.98. The van der Waals surface area contributed by atoms with Crippen LogP contribution in [0.2, 0.25) is 0 Å². The lowest BCUT2D eigenvalue weighted by Crippen LogP contribution is -2.24. The summed E-state index contributed by atoms with van der Waals surface area (Å²) < 4.78 is 0. The van der Waals surface area contributed by atoms with Crippen molar-refractivity contribution in [1.82, 2.24) is 0 Å². The predicted octanol–water partition coefficient (Wildman–Crippen LogP) is 0.776. The molecule has 2 N–H and O–H groups in total. The molecule has 1 aliphatic carbocycles. The molecule has 0 heterocycles. The molecule has 0 aromatic carbocycles. The smallest absolute Gasteiger partial charge is 0.0727 e. The molecule has 3 atom stereocenters. The second-order valence-corrected chi connectivity index (χ2v) is 3.38. The zero-order valence-corrected chi connectivity index (χ0v) is 6.67. The summed E-state index contributed by atoms with van der Waals surface area (Å²) in [7, 11) is 0. The van der Waals surface area contributed by atoms with Crippen LogP contribution in [0.1, 0.15) is 26.7 Å². The van der Waals surface area contributed by atoms with Gasteiger partial charge in [0.25, 0.3) is 0 Å². The Morgan fingerprint density at radius 3 is 2.60 bits per heavy atom.